The second-order valence-corrected chi connectivity index (χ2v) is 6.35. The summed E-state index contributed by atoms with van der Waals surface area (Å²) in [6, 6.07) is 13.3. The molecule has 1 N–H and O–H groups in total. The number of aromatic nitrogens is 1. The number of carbonyl (C=O) groups is 1. The van der Waals surface area contributed by atoms with Gasteiger partial charge in [0.2, 0.25) is 0 Å². The monoisotopic (exact) mass is 336 g/mol. The first-order valence-electron chi connectivity index (χ1n) is 8.45. The van der Waals surface area contributed by atoms with E-state index in [0.717, 1.165) is 24.5 Å². The van der Waals surface area contributed by atoms with E-state index in [4.69, 9.17) is 0 Å². The lowest BCUT2D eigenvalue weighted by Gasteiger charge is -2.19. The molecule has 2 rings (SSSR count). The van der Waals surface area contributed by atoms with Crippen molar-refractivity contribution in [1.29, 1.82) is 5.26 Å². The first kappa shape index (κ1) is 18.5. The van der Waals surface area contributed by atoms with E-state index in [1.165, 1.54) is 0 Å². The van der Waals surface area contributed by atoms with Crippen LogP contribution in [0.2, 0.25) is 0 Å². The van der Waals surface area contributed by atoms with Crippen LogP contribution in [0.3, 0.4) is 0 Å². The molecule has 0 bridgehead atoms. The molecule has 25 heavy (non-hydrogen) atoms. The third kappa shape index (κ3) is 4.36. The normalized spacial score (nSPS) is 10.8. The van der Waals surface area contributed by atoms with Crippen molar-refractivity contribution in [3.63, 3.8) is 0 Å². The standard InChI is InChI=1S/C20H24N4O/c1-5-24(6-2)18-12-7-15(13-22-18)19(25)23-17-10-8-16(9-11-17)20(3,4)14-21/h7-13H,5-6H2,1-4H3,(H,23,25). The minimum absolute atomic E-state index is 0.203. The Hall–Kier alpha value is -2.87. The third-order valence-electron chi connectivity index (χ3n) is 4.24. The van der Waals surface area contributed by atoms with Crippen LogP contribution < -0.4 is 10.2 Å². The molecule has 0 aliphatic rings. The number of rotatable bonds is 6. The highest BCUT2D eigenvalue weighted by atomic mass is 16.1. The molecule has 0 aliphatic heterocycles. The minimum Gasteiger partial charge on any atom is -0.357 e. The van der Waals surface area contributed by atoms with Gasteiger partial charge in [-0.1, -0.05) is 12.1 Å². The lowest BCUT2D eigenvalue weighted by atomic mass is 9.86. The van der Waals surface area contributed by atoms with Gasteiger partial charge in [0.25, 0.3) is 5.91 Å². The fourth-order valence-electron chi connectivity index (χ4n) is 2.49. The van der Waals surface area contributed by atoms with Gasteiger partial charge in [0.05, 0.1) is 17.0 Å². The Kier molecular flexibility index (Phi) is 5.76. The molecule has 0 fully saturated rings. The van der Waals surface area contributed by atoms with Gasteiger partial charge in [-0.3, -0.25) is 4.79 Å². The summed E-state index contributed by atoms with van der Waals surface area (Å²) in [6.45, 7) is 9.63. The van der Waals surface area contributed by atoms with E-state index in [9.17, 15) is 10.1 Å². The Balaban J connectivity index is 2.08. The zero-order valence-corrected chi connectivity index (χ0v) is 15.2. The number of pyridine rings is 1. The molecule has 0 aliphatic carbocycles. The third-order valence-corrected chi connectivity index (χ3v) is 4.24. The van der Waals surface area contributed by atoms with E-state index in [-0.39, 0.29) is 5.91 Å². The summed E-state index contributed by atoms with van der Waals surface area (Å²) < 4.78 is 0. The van der Waals surface area contributed by atoms with E-state index in [0.29, 0.717) is 11.3 Å². The Morgan fingerprint density at radius 1 is 1.16 bits per heavy atom. The van der Waals surface area contributed by atoms with Crippen molar-refractivity contribution in [2.45, 2.75) is 33.1 Å². The molecule has 0 saturated heterocycles. The van der Waals surface area contributed by atoms with Gasteiger partial charge in [-0.15, -0.1) is 0 Å². The fourth-order valence-corrected chi connectivity index (χ4v) is 2.49. The van der Waals surface area contributed by atoms with Crippen LogP contribution in [0, 0.1) is 11.3 Å². The lowest BCUT2D eigenvalue weighted by molar-refractivity contribution is 0.102. The highest BCUT2D eigenvalue weighted by Crippen LogP contribution is 2.23. The van der Waals surface area contributed by atoms with Gasteiger partial charge in [-0.05, 0) is 57.5 Å². The van der Waals surface area contributed by atoms with E-state index in [1.54, 1.807) is 12.3 Å². The van der Waals surface area contributed by atoms with Crippen LogP contribution >= 0.6 is 0 Å². The Morgan fingerprint density at radius 2 is 1.80 bits per heavy atom. The van der Waals surface area contributed by atoms with Gasteiger partial charge in [0, 0.05) is 25.0 Å². The van der Waals surface area contributed by atoms with Crippen LogP contribution in [0.15, 0.2) is 42.6 Å². The molecule has 130 valence electrons. The van der Waals surface area contributed by atoms with Gasteiger partial charge in [0.1, 0.15) is 5.82 Å². The van der Waals surface area contributed by atoms with Crippen molar-refractivity contribution < 1.29 is 4.79 Å². The number of hydrogen-bond donors (Lipinski definition) is 1. The second kappa shape index (κ2) is 7.80. The van der Waals surface area contributed by atoms with Crippen LogP contribution in [0.25, 0.3) is 0 Å². The van der Waals surface area contributed by atoms with E-state index in [1.807, 2.05) is 44.2 Å². The highest BCUT2D eigenvalue weighted by molar-refractivity contribution is 6.04. The van der Waals surface area contributed by atoms with Crippen LogP contribution in [-0.2, 0) is 5.41 Å². The summed E-state index contributed by atoms with van der Waals surface area (Å²) in [5.41, 5.74) is 1.57. The molecular formula is C20H24N4O. The fraction of sp³-hybridized carbons (Fsp3) is 0.350. The predicted octanol–water partition coefficient (Wildman–Crippen LogP) is 3.98. The van der Waals surface area contributed by atoms with Gasteiger partial charge < -0.3 is 10.2 Å². The molecule has 0 saturated carbocycles. The van der Waals surface area contributed by atoms with Crippen molar-refractivity contribution in [3.05, 3.63) is 53.7 Å². The first-order chi connectivity index (χ1) is 11.9. The largest absolute Gasteiger partial charge is 0.357 e. The smallest absolute Gasteiger partial charge is 0.257 e. The van der Waals surface area contributed by atoms with Crippen LogP contribution in [-0.4, -0.2) is 24.0 Å². The molecule has 0 spiro atoms. The summed E-state index contributed by atoms with van der Waals surface area (Å²) >= 11 is 0. The number of carbonyl (C=O) groups excluding carboxylic acids is 1. The summed E-state index contributed by atoms with van der Waals surface area (Å²) in [7, 11) is 0. The molecular weight excluding hydrogens is 312 g/mol. The Labute approximate surface area is 149 Å². The molecule has 0 unspecified atom stereocenters. The maximum absolute atomic E-state index is 12.4. The maximum Gasteiger partial charge on any atom is 0.257 e. The SMILES string of the molecule is CCN(CC)c1ccc(C(=O)Nc2ccc(C(C)(C)C#N)cc2)cn1. The number of nitrogens with zero attached hydrogens (tertiary/aromatic N) is 3. The zero-order chi connectivity index (χ0) is 18.4. The number of anilines is 2. The average Bonchev–Trinajstić information content (AvgIpc) is 2.63. The van der Waals surface area contributed by atoms with E-state index < -0.39 is 5.41 Å². The molecule has 1 amide bonds. The maximum atomic E-state index is 12.4. The average molecular weight is 336 g/mol. The molecule has 5 nitrogen and oxygen atoms in total. The molecule has 0 atom stereocenters. The van der Waals surface area contributed by atoms with Crippen LogP contribution in [0.1, 0.15) is 43.6 Å². The van der Waals surface area contributed by atoms with Crippen molar-refractivity contribution in [1.82, 2.24) is 4.98 Å². The number of amides is 1. The van der Waals surface area contributed by atoms with Gasteiger partial charge in [-0.25, -0.2) is 4.98 Å². The summed E-state index contributed by atoms with van der Waals surface area (Å²) in [6.07, 6.45) is 1.59. The molecule has 5 heteroatoms. The van der Waals surface area contributed by atoms with Crippen LogP contribution in [0.4, 0.5) is 11.5 Å². The Morgan fingerprint density at radius 3 is 2.28 bits per heavy atom. The first-order valence-corrected chi connectivity index (χ1v) is 8.45. The van der Waals surface area contributed by atoms with Crippen LogP contribution in [0.5, 0.6) is 0 Å². The van der Waals surface area contributed by atoms with Gasteiger partial charge in [0.15, 0.2) is 0 Å². The van der Waals surface area contributed by atoms with Crippen molar-refractivity contribution in [2.24, 2.45) is 0 Å². The molecule has 1 heterocycles. The summed E-state index contributed by atoms with van der Waals surface area (Å²) in [5, 5.41) is 12.0. The summed E-state index contributed by atoms with van der Waals surface area (Å²) in [5.74, 6) is 0.663. The lowest BCUT2D eigenvalue weighted by Crippen LogP contribution is -2.23. The highest BCUT2D eigenvalue weighted by Gasteiger charge is 2.19. The van der Waals surface area contributed by atoms with Gasteiger partial charge in [-0.2, -0.15) is 5.26 Å². The molecule has 1 aromatic carbocycles. The number of nitrogens with one attached hydrogen (secondary N) is 1. The van der Waals surface area contributed by atoms with Crippen molar-refractivity contribution in [3.8, 4) is 6.07 Å². The van der Waals surface area contributed by atoms with E-state index in [2.05, 4.69) is 35.1 Å². The van der Waals surface area contributed by atoms with Crippen molar-refractivity contribution in [2.75, 3.05) is 23.3 Å². The second-order valence-electron chi connectivity index (χ2n) is 6.35. The number of hydrogen-bond acceptors (Lipinski definition) is 4. The number of nitriles is 1. The zero-order valence-electron chi connectivity index (χ0n) is 15.2. The van der Waals surface area contributed by atoms with Gasteiger partial charge >= 0.3 is 0 Å². The quantitative estimate of drug-likeness (QED) is 0.866. The molecule has 1 aromatic heterocycles. The molecule has 2 aromatic rings. The number of benzene rings is 1. The summed E-state index contributed by atoms with van der Waals surface area (Å²) in [4.78, 5) is 18.8. The topological polar surface area (TPSA) is 69.0 Å². The predicted molar refractivity (Wildman–Crippen MR) is 101 cm³/mol. The van der Waals surface area contributed by atoms with E-state index >= 15 is 0 Å². The minimum atomic E-state index is -0.549. The molecule has 0 radical (unpaired) electrons. The Bertz CT molecular complexity index is 754. The van der Waals surface area contributed by atoms with Crippen molar-refractivity contribution >= 4 is 17.4 Å².